The van der Waals surface area contributed by atoms with E-state index < -0.39 is 0 Å². The van der Waals surface area contributed by atoms with Gasteiger partial charge in [0.05, 0.1) is 17.3 Å². The van der Waals surface area contributed by atoms with Gasteiger partial charge in [0, 0.05) is 13.2 Å². The lowest BCUT2D eigenvalue weighted by Crippen LogP contribution is -2.13. The van der Waals surface area contributed by atoms with Gasteiger partial charge in [-0.2, -0.15) is 5.10 Å². The van der Waals surface area contributed by atoms with Crippen molar-refractivity contribution in [2.75, 3.05) is 12.4 Å². The van der Waals surface area contributed by atoms with Crippen molar-refractivity contribution in [3.05, 3.63) is 12.5 Å². The molecule has 0 fully saturated rings. The molecule has 2 aromatic rings. The van der Waals surface area contributed by atoms with E-state index >= 15 is 0 Å². The van der Waals surface area contributed by atoms with E-state index in [9.17, 15) is 4.79 Å². The van der Waals surface area contributed by atoms with Gasteiger partial charge in [-0.3, -0.25) is 4.79 Å². The van der Waals surface area contributed by atoms with E-state index in [0.29, 0.717) is 11.6 Å². The first-order valence-electron chi connectivity index (χ1n) is 5.91. The fourth-order valence-electron chi connectivity index (χ4n) is 1.66. The molecule has 0 spiro atoms. The van der Waals surface area contributed by atoms with Crippen LogP contribution in [0.25, 0.3) is 11.0 Å². The van der Waals surface area contributed by atoms with Gasteiger partial charge in [-0.15, -0.1) is 0 Å². The van der Waals surface area contributed by atoms with E-state index in [-0.39, 0.29) is 18.3 Å². The highest BCUT2D eigenvalue weighted by molar-refractivity contribution is 8.00. The summed E-state index contributed by atoms with van der Waals surface area (Å²) in [4.78, 5) is 19.1. The molecule has 8 heteroatoms. The molecule has 7 nitrogen and oxygen atoms in total. The van der Waals surface area contributed by atoms with Crippen LogP contribution < -0.4 is 5.73 Å². The molecule has 3 N–H and O–H groups in total. The third-order valence-corrected chi connectivity index (χ3v) is 3.55. The Balaban J connectivity index is 2.19. The number of hydrogen-bond acceptors (Lipinski definition) is 6. The predicted octanol–water partition coefficient (Wildman–Crippen LogP) is 0.176. The molecular weight excluding hydrogens is 266 g/mol. The Labute approximate surface area is 114 Å². The topological polar surface area (TPSA) is 107 Å². The Bertz CT molecular complexity index is 571. The first-order valence-corrected chi connectivity index (χ1v) is 6.89. The predicted molar refractivity (Wildman–Crippen MR) is 71.6 cm³/mol. The molecule has 0 atom stereocenters. The Morgan fingerprint density at radius 1 is 1.42 bits per heavy atom. The average Bonchev–Trinajstić information content (AvgIpc) is 2.80. The minimum Gasteiger partial charge on any atom is -0.396 e. The second-order valence-electron chi connectivity index (χ2n) is 3.97. The number of amides is 1. The molecule has 102 valence electrons. The highest BCUT2D eigenvalue weighted by Crippen LogP contribution is 2.23. The van der Waals surface area contributed by atoms with Crippen molar-refractivity contribution in [1.82, 2.24) is 19.7 Å². The van der Waals surface area contributed by atoms with Crippen LogP contribution in [0.4, 0.5) is 0 Å². The van der Waals surface area contributed by atoms with Crippen LogP contribution in [-0.4, -0.2) is 43.1 Å². The highest BCUT2D eigenvalue weighted by atomic mass is 32.2. The van der Waals surface area contributed by atoms with Gasteiger partial charge in [-0.25, -0.2) is 14.6 Å². The zero-order chi connectivity index (χ0) is 13.7. The van der Waals surface area contributed by atoms with Crippen molar-refractivity contribution in [3.63, 3.8) is 0 Å². The molecule has 1 amide bonds. The zero-order valence-electron chi connectivity index (χ0n) is 10.3. The number of aryl methyl sites for hydroxylation is 1. The summed E-state index contributed by atoms with van der Waals surface area (Å²) in [7, 11) is 0. The molecule has 0 unspecified atom stereocenters. The van der Waals surface area contributed by atoms with Gasteiger partial charge in [0.25, 0.3) is 0 Å². The second-order valence-corrected chi connectivity index (χ2v) is 4.93. The lowest BCUT2D eigenvalue weighted by Gasteiger charge is -2.03. The van der Waals surface area contributed by atoms with Gasteiger partial charge in [-0.1, -0.05) is 11.8 Å². The maximum Gasteiger partial charge on any atom is 0.227 e. The molecular formula is C11H15N5O2S. The smallest absolute Gasteiger partial charge is 0.227 e. The van der Waals surface area contributed by atoms with Crippen molar-refractivity contribution < 1.29 is 9.90 Å². The SMILES string of the molecule is NC(=O)CSc1ncnc2c1cnn2CCCCO. The third kappa shape index (κ3) is 3.42. The molecule has 19 heavy (non-hydrogen) atoms. The van der Waals surface area contributed by atoms with Crippen molar-refractivity contribution in [3.8, 4) is 0 Å². The van der Waals surface area contributed by atoms with Gasteiger partial charge in [0.15, 0.2) is 5.65 Å². The summed E-state index contributed by atoms with van der Waals surface area (Å²) in [6, 6.07) is 0. The van der Waals surface area contributed by atoms with Crippen molar-refractivity contribution in [1.29, 1.82) is 0 Å². The number of aromatic nitrogens is 4. The van der Waals surface area contributed by atoms with E-state index in [1.165, 1.54) is 18.1 Å². The van der Waals surface area contributed by atoms with E-state index in [1.54, 1.807) is 10.9 Å². The number of aliphatic hydroxyl groups excluding tert-OH is 1. The molecule has 2 aromatic heterocycles. The van der Waals surface area contributed by atoms with Crippen LogP contribution in [0.3, 0.4) is 0 Å². The molecule has 0 radical (unpaired) electrons. The number of fused-ring (bicyclic) bond motifs is 1. The first kappa shape index (κ1) is 13.8. The number of nitrogens with two attached hydrogens (primary N) is 1. The summed E-state index contributed by atoms with van der Waals surface area (Å²) >= 11 is 1.28. The monoisotopic (exact) mass is 281 g/mol. The quantitative estimate of drug-likeness (QED) is 0.426. The fourth-order valence-corrected chi connectivity index (χ4v) is 2.36. The van der Waals surface area contributed by atoms with Crippen LogP contribution in [0.15, 0.2) is 17.6 Å². The lowest BCUT2D eigenvalue weighted by molar-refractivity contribution is -0.115. The minimum atomic E-state index is -0.382. The fraction of sp³-hybridized carbons (Fsp3) is 0.455. The molecule has 2 heterocycles. The van der Waals surface area contributed by atoms with Crippen LogP contribution in [0, 0.1) is 0 Å². The molecule has 2 rings (SSSR count). The molecule has 0 aliphatic rings. The molecule has 0 aliphatic carbocycles. The minimum absolute atomic E-state index is 0.175. The maximum absolute atomic E-state index is 10.8. The summed E-state index contributed by atoms with van der Waals surface area (Å²) in [5, 5.41) is 14.6. The molecule has 0 aliphatic heterocycles. The number of hydrogen-bond donors (Lipinski definition) is 2. The Hall–Kier alpha value is -1.67. The van der Waals surface area contributed by atoms with Crippen molar-refractivity contribution >= 4 is 28.7 Å². The summed E-state index contributed by atoms with van der Waals surface area (Å²) in [6.45, 7) is 0.870. The van der Waals surface area contributed by atoms with Gasteiger partial charge in [0.2, 0.25) is 5.91 Å². The van der Waals surface area contributed by atoms with Crippen LogP contribution in [0.5, 0.6) is 0 Å². The summed E-state index contributed by atoms with van der Waals surface area (Å²) in [5.74, 6) is -0.200. The number of primary amides is 1. The highest BCUT2D eigenvalue weighted by Gasteiger charge is 2.10. The molecule has 0 saturated heterocycles. The molecule has 0 aromatic carbocycles. The average molecular weight is 281 g/mol. The van der Waals surface area contributed by atoms with E-state index in [2.05, 4.69) is 15.1 Å². The van der Waals surface area contributed by atoms with Gasteiger partial charge >= 0.3 is 0 Å². The summed E-state index contributed by atoms with van der Waals surface area (Å²) in [5.41, 5.74) is 5.86. The largest absolute Gasteiger partial charge is 0.396 e. The van der Waals surface area contributed by atoms with Crippen molar-refractivity contribution in [2.24, 2.45) is 5.73 Å². The Kier molecular flexibility index (Phi) is 4.69. The van der Waals surface area contributed by atoms with Gasteiger partial charge in [-0.05, 0) is 12.8 Å². The first-order chi connectivity index (χ1) is 9.22. The van der Waals surface area contributed by atoms with Gasteiger partial charge < -0.3 is 10.8 Å². The van der Waals surface area contributed by atoms with Gasteiger partial charge in [0.1, 0.15) is 11.4 Å². The summed E-state index contributed by atoms with van der Waals surface area (Å²) < 4.78 is 1.78. The number of unbranched alkanes of at least 4 members (excludes halogenated alkanes) is 1. The maximum atomic E-state index is 10.8. The number of thioether (sulfide) groups is 1. The standard InChI is InChI=1S/C11H15N5O2S/c12-9(18)6-19-11-8-5-15-16(3-1-2-4-17)10(8)13-7-14-11/h5,7,17H,1-4,6H2,(H2,12,18). The van der Waals surface area contributed by atoms with E-state index in [0.717, 1.165) is 23.9 Å². The van der Waals surface area contributed by atoms with Crippen LogP contribution >= 0.6 is 11.8 Å². The molecule has 0 saturated carbocycles. The third-order valence-electron chi connectivity index (χ3n) is 2.53. The zero-order valence-corrected chi connectivity index (χ0v) is 11.1. The van der Waals surface area contributed by atoms with Crippen LogP contribution in [-0.2, 0) is 11.3 Å². The summed E-state index contributed by atoms with van der Waals surface area (Å²) in [6.07, 6.45) is 4.71. The number of aliphatic hydroxyl groups is 1. The number of nitrogens with zero attached hydrogens (tertiary/aromatic N) is 4. The molecule has 0 bridgehead atoms. The Morgan fingerprint density at radius 2 is 2.26 bits per heavy atom. The normalized spacial score (nSPS) is 11.0. The Morgan fingerprint density at radius 3 is 3.00 bits per heavy atom. The van der Waals surface area contributed by atoms with E-state index in [1.807, 2.05) is 0 Å². The lowest BCUT2D eigenvalue weighted by atomic mass is 10.3. The number of carbonyl (C=O) groups is 1. The number of rotatable bonds is 7. The van der Waals surface area contributed by atoms with Crippen LogP contribution in [0.2, 0.25) is 0 Å². The van der Waals surface area contributed by atoms with Crippen molar-refractivity contribution in [2.45, 2.75) is 24.4 Å². The number of carbonyl (C=O) groups excluding carboxylic acids is 1. The van der Waals surface area contributed by atoms with E-state index in [4.69, 9.17) is 10.8 Å². The second kappa shape index (κ2) is 6.48. The van der Waals surface area contributed by atoms with Crippen LogP contribution in [0.1, 0.15) is 12.8 Å².